The predicted octanol–water partition coefficient (Wildman–Crippen LogP) is 2.58. The van der Waals surface area contributed by atoms with Crippen molar-refractivity contribution in [2.24, 2.45) is 12.9 Å². The van der Waals surface area contributed by atoms with E-state index in [0.29, 0.717) is 5.02 Å². The van der Waals surface area contributed by atoms with E-state index >= 15 is 0 Å². The van der Waals surface area contributed by atoms with E-state index < -0.39 is 0 Å². The first-order valence-electron chi connectivity index (χ1n) is 5.49. The number of aromatic nitrogens is 2. The molecule has 0 saturated heterocycles. The van der Waals surface area contributed by atoms with Gasteiger partial charge in [0.05, 0.1) is 16.8 Å². The topological polar surface area (TPSA) is 55.9 Å². The molecule has 0 amide bonds. The molecule has 18 heavy (non-hydrogen) atoms. The molecule has 0 aliphatic heterocycles. The van der Waals surface area contributed by atoms with Crippen LogP contribution in [0.5, 0.6) is 0 Å². The highest BCUT2D eigenvalue weighted by Crippen LogP contribution is 2.27. The quantitative estimate of drug-likeness (QED) is 0.669. The van der Waals surface area contributed by atoms with Crippen LogP contribution in [0.15, 0.2) is 34.9 Å². The Morgan fingerprint density at radius 2 is 2.28 bits per heavy atom. The zero-order chi connectivity index (χ0) is 13.1. The molecule has 2 aromatic rings. The van der Waals surface area contributed by atoms with Crippen molar-refractivity contribution in [1.82, 2.24) is 15.2 Å². The SMILES string of the molecule is Cn1ccc(CC(NN)c2ccc(Br)c(Cl)c2)n1. The summed E-state index contributed by atoms with van der Waals surface area (Å²) in [6.45, 7) is 0. The number of nitrogens with one attached hydrogen (secondary N) is 1. The molecule has 2 rings (SSSR count). The third kappa shape index (κ3) is 3.11. The van der Waals surface area contributed by atoms with Gasteiger partial charge in [-0.2, -0.15) is 5.10 Å². The Balaban J connectivity index is 2.19. The van der Waals surface area contributed by atoms with Crippen LogP contribution in [0, 0.1) is 0 Å². The van der Waals surface area contributed by atoms with Crippen LogP contribution in [0.25, 0.3) is 0 Å². The van der Waals surface area contributed by atoms with Crippen molar-refractivity contribution in [3.05, 3.63) is 51.2 Å². The van der Waals surface area contributed by atoms with Gasteiger partial charge in [0.15, 0.2) is 0 Å². The monoisotopic (exact) mass is 328 g/mol. The highest BCUT2D eigenvalue weighted by atomic mass is 79.9. The largest absolute Gasteiger partial charge is 0.276 e. The van der Waals surface area contributed by atoms with Crippen LogP contribution in [0.1, 0.15) is 17.3 Å². The van der Waals surface area contributed by atoms with Gasteiger partial charge in [-0.3, -0.25) is 16.0 Å². The molecular formula is C12H14BrClN4. The molecular weight excluding hydrogens is 316 g/mol. The maximum Gasteiger partial charge on any atom is 0.0643 e. The van der Waals surface area contributed by atoms with Crippen molar-refractivity contribution in [1.29, 1.82) is 0 Å². The Morgan fingerprint density at radius 1 is 1.50 bits per heavy atom. The van der Waals surface area contributed by atoms with Crippen LogP contribution in [-0.2, 0) is 13.5 Å². The van der Waals surface area contributed by atoms with Crippen molar-refractivity contribution < 1.29 is 0 Å². The van der Waals surface area contributed by atoms with Gasteiger partial charge < -0.3 is 0 Å². The number of nitrogens with zero attached hydrogens (tertiary/aromatic N) is 2. The number of nitrogens with two attached hydrogens (primary N) is 1. The summed E-state index contributed by atoms with van der Waals surface area (Å²) in [5.74, 6) is 5.61. The van der Waals surface area contributed by atoms with E-state index in [9.17, 15) is 0 Å². The van der Waals surface area contributed by atoms with Crippen molar-refractivity contribution >= 4 is 27.5 Å². The number of benzene rings is 1. The van der Waals surface area contributed by atoms with E-state index in [1.165, 1.54) is 0 Å². The van der Waals surface area contributed by atoms with Gasteiger partial charge in [0.25, 0.3) is 0 Å². The van der Waals surface area contributed by atoms with Crippen LogP contribution in [-0.4, -0.2) is 9.78 Å². The van der Waals surface area contributed by atoms with Gasteiger partial charge in [-0.25, -0.2) is 0 Å². The standard InChI is InChI=1S/C12H14BrClN4/c1-18-5-4-9(17-18)7-12(16-15)8-2-3-10(13)11(14)6-8/h2-6,12,16H,7,15H2,1H3. The molecule has 1 aromatic carbocycles. The molecule has 0 bridgehead atoms. The maximum atomic E-state index is 6.09. The zero-order valence-electron chi connectivity index (χ0n) is 9.90. The third-order valence-corrected chi connectivity index (χ3v) is 3.96. The third-order valence-electron chi connectivity index (χ3n) is 2.73. The minimum Gasteiger partial charge on any atom is -0.276 e. The van der Waals surface area contributed by atoms with Crippen LogP contribution < -0.4 is 11.3 Å². The average Bonchev–Trinajstić information content (AvgIpc) is 2.75. The number of aryl methyl sites for hydroxylation is 1. The number of rotatable bonds is 4. The van der Waals surface area contributed by atoms with Crippen LogP contribution in [0.2, 0.25) is 5.02 Å². The molecule has 0 aliphatic rings. The van der Waals surface area contributed by atoms with E-state index in [4.69, 9.17) is 17.4 Å². The summed E-state index contributed by atoms with van der Waals surface area (Å²) in [6, 6.07) is 7.78. The summed E-state index contributed by atoms with van der Waals surface area (Å²) < 4.78 is 2.65. The number of hydrazine groups is 1. The fourth-order valence-corrected chi connectivity index (χ4v) is 2.22. The maximum absolute atomic E-state index is 6.09. The number of hydrogen-bond donors (Lipinski definition) is 2. The summed E-state index contributed by atoms with van der Waals surface area (Å²) in [5.41, 5.74) is 4.82. The summed E-state index contributed by atoms with van der Waals surface area (Å²) in [6.07, 6.45) is 2.63. The van der Waals surface area contributed by atoms with Crippen LogP contribution >= 0.6 is 27.5 Å². The number of halogens is 2. The Bertz CT molecular complexity index is 541. The Labute approximate surface area is 119 Å². The smallest absolute Gasteiger partial charge is 0.0643 e. The second kappa shape index (κ2) is 5.84. The second-order valence-corrected chi connectivity index (χ2v) is 5.34. The molecule has 96 valence electrons. The molecule has 1 unspecified atom stereocenters. The molecule has 3 N–H and O–H groups in total. The lowest BCUT2D eigenvalue weighted by molar-refractivity contribution is 0.541. The number of hydrogen-bond acceptors (Lipinski definition) is 3. The lowest BCUT2D eigenvalue weighted by Crippen LogP contribution is -2.29. The Hall–Kier alpha value is -0.880. The van der Waals surface area contributed by atoms with Gasteiger partial charge in [0, 0.05) is 24.1 Å². The molecule has 1 aromatic heterocycles. The molecule has 4 nitrogen and oxygen atoms in total. The zero-order valence-corrected chi connectivity index (χ0v) is 12.2. The van der Waals surface area contributed by atoms with Gasteiger partial charge in [-0.05, 0) is 39.7 Å². The van der Waals surface area contributed by atoms with Crippen molar-refractivity contribution in [3.63, 3.8) is 0 Å². The minimum atomic E-state index is -0.00880. The normalized spacial score (nSPS) is 12.7. The fourth-order valence-electron chi connectivity index (χ4n) is 1.78. The predicted molar refractivity (Wildman–Crippen MR) is 76.1 cm³/mol. The van der Waals surface area contributed by atoms with Gasteiger partial charge >= 0.3 is 0 Å². The summed E-state index contributed by atoms with van der Waals surface area (Å²) in [7, 11) is 1.89. The summed E-state index contributed by atoms with van der Waals surface area (Å²) in [4.78, 5) is 0. The molecule has 0 saturated carbocycles. The van der Waals surface area contributed by atoms with Gasteiger partial charge in [0.2, 0.25) is 0 Å². The molecule has 1 heterocycles. The van der Waals surface area contributed by atoms with Crippen LogP contribution in [0.3, 0.4) is 0 Å². The van der Waals surface area contributed by atoms with Crippen molar-refractivity contribution in [3.8, 4) is 0 Å². The minimum absolute atomic E-state index is 0.00880. The van der Waals surface area contributed by atoms with E-state index in [1.54, 1.807) is 4.68 Å². The van der Waals surface area contributed by atoms with Crippen molar-refractivity contribution in [2.75, 3.05) is 0 Å². The molecule has 0 fully saturated rings. The first-order chi connectivity index (χ1) is 8.60. The second-order valence-electron chi connectivity index (χ2n) is 4.08. The van der Waals surface area contributed by atoms with E-state index in [-0.39, 0.29) is 6.04 Å². The lowest BCUT2D eigenvalue weighted by Gasteiger charge is -2.15. The first kappa shape index (κ1) is 13.5. The summed E-state index contributed by atoms with van der Waals surface area (Å²) in [5, 5.41) is 5.02. The lowest BCUT2D eigenvalue weighted by atomic mass is 10.0. The molecule has 1 atom stereocenters. The fraction of sp³-hybridized carbons (Fsp3) is 0.250. The van der Waals surface area contributed by atoms with Gasteiger partial charge in [-0.1, -0.05) is 17.7 Å². The van der Waals surface area contributed by atoms with Crippen molar-refractivity contribution in [2.45, 2.75) is 12.5 Å². The Kier molecular flexibility index (Phi) is 4.40. The highest BCUT2D eigenvalue weighted by Gasteiger charge is 2.13. The summed E-state index contributed by atoms with van der Waals surface area (Å²) >= 11 is 9.46. The van der Waals surface area contributed by atoms with Gasteiger partial charge in [-0.15, -0.1) is 0 Å². The Morgan fingerprint density at radius 3 is 2.83 bits per heavy atom. The van der Waals surface area contributed by atoms with Crippen LogP contribution in [0.4, 0.5) is 0 Å². The van der Waals surface area contributed by atoms with E-state index in [0.717, 1.165) is 22.2 Å². The molecule has 6 heteroatoms. The average molecular weight is 330 g/mol. The van der Waals surface area contributed by atoms with E-state index in [1.807, 2.05) is 37.5 Å². The molecule has 0 aliphatic carbocycles. The molecule has 0 spiro atoms. The molecule has 0 radical (unpaired) electrons. The highest BCUT2D eigenvalue weighted by molar-refractivity contribution is 9.10. The van der Waals surface area contributed by atoms with E-state index in [2.05, 4.69) is 26.5 Å². The van der Waals surface area contributed by atoms with Gasteiger partial charge in [0.1, 0.15) is 0 Å². The first-order valence-corrected chi connectivity index (χ1v) is 6.67.